The molecule has 0 amide bonds. The van der Waals surface area contributed by atoms with Crippen LogP contribution in [0.2, 0.25) is 0 Å². The number of hydrogen-bond acceptors (Lipinski definition) is 44. The Hall–Kier alpha value is -3.66. The highest BCUT2D eigenvalue weighted by atomic mass is 16.8. The van der Waals surface area contributed by atoms with E-state index in [9.17, 15) is 127 Å². The molecule has 0 spiro atoms. The van der Waals surface area contributed by atoms with Gasteiger partial charge >= 0.3 is 17.9 Å². The number of carbonyl (C=O) groups is 4. The average Bonchev–Trinajstić information content (AvgIpc) is 0.846. The average molecular weight is 1950 g/mol. The van der Waals surface area contributed by atoms with E-state index in [4.69, 9.17) is 85.3 Å². The van der Waals surface area contributed by atoms with Crippen molar-refractivity contribution in [1.82, 2.24) is 0 Å². The van der Waals surface area contributed by atoms with Crippen LogP contribution in [0, 0.1) is 62.1 Å². The van der Waals surface area contributed by atoms with Gasteiger partial charge in [0.25, 0.3) is 0 Å². The molecule has 776 valence electrons. The van der Waals surface area contributed by atoms with Crippen LogP contribution < -0.4 is 0 Å². The van der Waals surface area contributed by atoms with E-state index < -0.39 is 372 Å². The molecule has 4 saturated carbocycles. The van der Waals surface area contributed by atoms with Crippen LogP contribution in [0.5, 0.6) is 0 Å². The number of esters is 3. The molecule has 44 nitrogen and oxygen atoms in total. The first kappa shape index (κ1) is 109. The normalized spacial score (nSPS) is 49.1. The van der Waals surface area contributed by atoms with Crippen LogP contribution in [0.25, 0.3) is 0 Å². The quantitative estimate of drug-likeness (QED) is 0.00961. The largest absolute Gasteiger partial charge is 0.462 e. The molecule has 44 heteroatoms. The maximum absolute atomic E-state index is 16.3. The lowest BCUT2D eigenvalue weighted by Gasteiger charge is -2.71. The van der Waals surface area contributed by atoms with Crippen LogP contribution >= 0.6 is 0 Å². The Balaban J connectivity index is 0.738. The van der Waals surface area contributed by atoms with Crippen LogP contribution in [0.15, 0.2) is 11.6 Å². The highest BCUT2D eigenvalue weighted by Gasteiger charge is 2.73. The number of hydrogen-bond donors (Lipinski definition) is 22. The summed E-state index contributed by atoms with van der Waals surface area (Å²) in [6.45, 7) is 18.7. The van der Waals surface area contributed by atoms with Crippen molar-refractivity contribution >= 4 is 24.2 Å². The second kappa shape index (κ2) is 43.7. The standard InChI is InChI=1S/C91H148O44/c1-13-36(3)48(124-56(102)25-41(96)24-49(37(4)14-2)125-81-66(112)61(107)51(30-93)126-81)23-40(95)26-57(103)129-72-39(6)123-84(75(69(72)115)133-80-68(114)63(109)71(38(5)122-80)130-79-70(116)73(46(99)33-120-79)131-77-64(110)58(104)44(97)31-118-77)135-85(117)91-22-21-86(7,8)27-43(91)42-15-16-53-87(9)19-18-55(88(10,35-94)52(87)17-20-89(53,11)90(42,12)28-54(91)101)128-83-76(134-82-67(113)62(108)60(106)50(29-92)127-82)74(47(100)34-121-83)132-78-65(111)59(105)45(98)32-119-78/h15,35-41,43-55,58-84,92-93,95-101,104-116H,13-14,16-34H2,1-12H3/t36-,37-,38?,39?,40-,41-,43?,44+,45+,46+,47+,48-,49-,50?,51+,52+,53?,54?,55-,58?,59-,60-,61?,62-,63?,64?,65?,66?,67?,68?,69?,70?,71-,72-,73?,74-,75?,76?,77-,78-,79-,80-,81+,82-,83-,84-,87?,88+,89-,90+,91+/m0/s1. The zero-order valence-corrected chi connectivity index (χ0v) is 78.4. The number of ether oxygens (including phenoxy) is 18. The van der Waals surface area contributed by atoms with Crippen molar-refractivity contribution in [2.45, 2.75) is 431 Å². The Labute approximate surface area is 782 Å². The number of rotatable bonds is 33. The first-order valence-corrected chi connectivity index (χ1v) is 47.8. The predicted octanol–water partition coefficient (Wildman–Crippen LogP) is -5.14. The van der Waals surface area contributed by atoms with Gasteiger partial charge in [0.1, 0.15) is 158 Å². The highest BCUT2D eigenvalue weighted by Crippen LogP contribution is 2.76. The summed E-state index contributed by atoms with van der Waals surface area (Å²) in [5.74, 6) is -5.14. The molecule has 135 heavy (non-hydrogen) atoms. The van der Waals surface area contributed by atoms with Gasteiger partial charge in [-0.1, -0.05) is 93.7 Å². The summed E-state index contributed by atoms with van der Waals surface area (Å²) >= 11 is 0. The van der Waals surface area contributed by atoms with E-state index in [1.807, 2.05) is 13.8 Å². The molecule has 13 rings (SSSR count). The minimum Gasteiger partial charge on any atom is -0.462 e. The van der Waals surface area contributed by atoms with Crippen LogP contribution in [0.4, 0.5) is 0 Å². The smallest absolute Gasteiger partial charge is 0.317 e. The van der Waals surface area contributed by atoms with E-state index >= 15 is 4.79 Å². The van der Waals surface area contributed by atoms with Gasteiger partial charge < -0.3 is 202 Å². The fourth-order valence-corrected chi connectivity index (χ4v) is 23.9. The first-order chi connectivity index (χ1) is 63.5. The van der Waals surface area contributed by atoms with Gasteiger partial charge in [0, 0.05) is 12.8 Å². The monoisotopic (exact) mass is 1940 g/mol. The van der Waals surface area contributed by atoms with Crippen molar-refractivity contribution in [1.29, 1.82) is 0 Å². The van der Waals surface area contributed by atoms with Gasteiger partial charge in [0.15, 0.2) is 56.2 Å². The molecule has 5 aliphatic carbocycles. The molecule has 0 aromatic rings. The van der Waals surface area contributed by atoms with Gasteiger partial charge in [0.2, 0.25) is 6.29 Å². The second-order valence-corrected chi connectivity index (χ2v) is 42.0. The number of fused-ring (bicyclic) bond motifs is 7. The minimum absolute atomic E-state index is 0.00851. The van der Waals surface area contributed by atoms with E-state index in [1.54, 1.807) is 20.8 Å². The molecule has 12 fully saturated rings. The molecule has 8 aliphatic heterocycles. The Morgan fingerprint density at radius 3 is 1.56 bits per heavy atom. The molecule has 51 atom stereocenters. The Kier molecular flexibility index (Phi) is 35.2. The van der Waals surface area contributed by atoms with Crippen molar-refractivity contribution in [2.75, 3.05) is 39.6 Å². The third kappa shape index (κ3) is 21.5. The molecule has 13 aliphatic rings. The maximum Gasteiger partial charge on any atom is 0.317 e. The first-order valence-electron chi connectivity index (χ1n) is 47.8. The predicted molar refractivity (Wildman–Crippen MR) is 451 cm³/mol. The van der Waals surface area contributed by atoms with E-state index in [2.05, 4.69) is 40.7 Å². The Bertz CT molecular complexity index is 3930. The van der Waals surface area contributed by atoms with Crippen LogP contribution in [0.3, 0.4) is 0 Å². The third-order valence-corrected chi connectivity index (χ3v) is 32.8. The summed E-state index contributed by atoms with van der Waals surface area (Å²) in [5.41, 5.74) is -4.99. The lowest BCUT2D eigenvalue weighted by Crippen LogP contribution is -2.69. The molecule has 0 bridgehead atoms. The number of carbonyl (C=O) groups excluding carboxylic acids is 4. The van der Waals surface area contributed by atoms with Gasteiger partial charge in [-0.3, -0.25) is 14.4 Å². The van der Waals surface area contributed by atoms with Gasteiger partial charge in [-0.2, -0.15) is 0 Å². The van der Waals surface area contributed by atoms with Crippen LogP contribution in [0.1, 0.15) is 179 Å². The van der Waals surface area contributed by atoms with Crippen LogP contribution in [-0.4, -0.2) is 428 Å². The number of aliphatic hydroxyl groups is 22. The molecular weight excluding hydrogens is 1800 g/mol. The van der Waals surface area contributed by atoms with Gasteiger partial charge in [-0.05, 0) is 123 Å². The lowest BCUT2D eigenvalue weighted by atomic mass is 9.33. The summed E-state index contributed by atoms with van der Waals surface area (Å²) in [6, 6.07) is 0. The molecule has 20 unspecified atom stereocenters. The van der Waals surface area contributed by atoms with Gasteiger partial charge in [-0.15, -0.1) is 0 Å². The summed E-state index contributed by atoms with van der Waals surface area (Å²) in [5, 5.41) is 245. The summed E-state index contributed by atoms with van der Waals surface area (Å²) < 4.78 is 109. The van der Waals surface area contributed by atoms with Crippen molar-refractivity contribution in [3.05, 3.63) is 11.6 Å². The second-order valence-electron chi connectivity index (χ2n) is 42.0. The highest BCUT2D eigenvalue weighted by molar-refractivity contribution is 5.80. The fraction of sp³-hybridized carbons (Fsp3) is 0.934. The fourth-order valence-electron chi connectivity index (χ4n) is 23.9. The SMILES string of the molecule is CC[C@H](C)[C@H](C[C@H](O)CC(=O)O[C@H]1C(C)O[C@@H](OC(=O)[C@]23CCC(C)(C)CC2C2=CCC4C5(C)CC[C@H](O[C@@H]6OC[C@@H](O)[C@H](O[C@@H]7OC[C@@H](O)[C@H](O)C7O)C6O[C@@H]6OC(CO)[C@H](O)[C@H](O)C6O)[C@](C)(C=O)[C@@H]5CC[C@]4(C)[C@]2(C)CC3O)C(O[C@@H]2OC(C)[C@H](O[C@@H]3OC[C@@H](O)C(O[C@@H]4OC[C@@H](O)C(O)C4O)C3O)C(O)C2O)C1O)OC(=O)C[C@@H](O)C[C@H](O[C@@H]1O[C@H](CO)C(O)C1O)[C@@H](C)CC. The molecular formula is C91H148O44. The maximum atomic E-state index is 16.3. The van der Waals surface area contributed by atoms with E-state index in [0.29, 0.717) is 51.4 Å². The number of aliphatic hydroxyl groups excluding tert-OH is 22. The van der Waals surface area contributed by atoms with E-state index in [1.165, 1.54) is 13.8 Å². The topological polar surface area (TPSA) is 679 Å². The summed E-state index contributed by atoms with van der Waals surface area (Å²) in [6.07, 6.45) is -63.0. The summed E-state index contributed by atoms with van der Waals surface area (Å²) in [7, 11) is 0. The third-order valence-electron chi connectivity index (χ3n) is 32.8. The van der Waals surface area contributed by atoms with Crippen molar-refractivity contribution < 1.29 is 217 Å². The molecule has 8 saturated heterocycles. The van der Waals surface area contributed by atoms with Gasteiger partial charge in [0.05, 0.1) is 101 Å². The number of aldehydes is 1. The Morgan fingerprint density at radius 2 is 0.948 bits per heavy atom. The molecule has 0 aromatic carbocycles. The van der Waals surface area contributed by atoms with Crippen molar-refractivity contribution in [2.24, 2.45) is 62.1 Å². The molecule has 0 radical (unpaired) electrons. The number of allylic oxidation sites excluding steroid dienone is 2. The van der Waals surface area contributed by atoms with E-state index in [0.717, 1.165) is 11.9 Å². The van der Waals surface area contributed by atoms with Crippen molar-refractivity contribution in [3.8, 4) is 0 Å². The molecule has 0 aromatic heterocycles. The lowest BCUT2D eigenvalue weighted by molar-refractivity contribution is -0.384. The molecule has 8 heterocycles. The minimum atomic E-state index is -2.19. The Morgan fingerprint density at radius 1 is 0.459 bits per heavy atom. The zero-order valence-electron chi connectivity index (χ0n) is 78.4. The van der Waals surface area contributed by atoms with E-state index in [-0.39, 0.29) is 43.9 Å². The zero-order chi connectivity index (χ0) is 98.9. The van der Waals surface area contributed by atoms with Gasteiger partial charge in [-0.25, -0.2) is 0 Å². The summed E-state index contributed by atoms with van der Waals surface area (Å²) in [4.78, 5) is 58.8. The van der Waals surface area contributed by atoms with Crippen LogP contribution in [-0.2, 0) is 104 Å². The molecule has 22 N–H and O–H groups in total. The van der Waals surface area contributed by atoms with Crippen molar-refractivity contribution in [3.63, 3.8) is 0 Å².